The lowest BCUT2D eigenvalue weighted by Crippen LogP contribution is -2.17. The van der Waals surface area contributed by atoms with Gasteiger partial charge in [0.05, 0.1) is 18.8 Å². The van der Waals surface area contributed by atoms with E-state index in [0.29, 0.717) is 32.5 Å². The fraction of sp³-hybridized carbons (Fsp3) is 0.878. The lowest BCUT2D eigenvalue weighted by atomic mass is 10.1. The average Bonchev–Trinajstić information content (AvgIpc) is 3.47. The third-order valence-electron chi connectivity index (χ3n) is 15.7. The van der Waals surface area contributed by atoms with Crippen molar-refractivity contribution in [3.63, 3.8) is 0 Å². The first-order chi connectivity index (χ1) is 40.6. The highest BCUT2D eigenvalue weighted by molar-refractivity contribution is 5.69. The maximum absolute atomic E-state index is 12.6. The lowest BCUT2D eigenvalue weighted by molar-refractivity contribution is -0.149. The maximum atomic E-state index is 12.6. The maximum Gasteiger partial charge on any atom is 0.306 e. The monoisotopic (exact) mass is 1180 g/mol. The van der Waals surface area contributed by atoms with Gasteiger partial charge in [0.1, 0.15) is 6.10 Å². The minimum atomic E-state index is -0.689. The van der Waals surface area contributed by atoms with Gasteiger partial charge in [0, 0.05) is 32.3 Å². The molecule has 9 nitrogen and oxygen atoms in total. The van der Waals surface area contributed by atoms with Gasteiger partial charge in [-0.25, -0.2) is 0 Å². The van der Waals surface area contributed by atoms with E-state index >= 15 is 0 Å². The molecule has 3 atom stereocenters. The van der Waals surface area contributed by atoms with Crippen molar-refractivity contribution >= 4 is 17.9 Å². The van der Waals surface area contributed by atoms with Crippen LogP contribution in [0.15, 0.2) is 36.5 Å². The van der Waals surface area contributed by atoms with Gasteiger partial charge in [-0.15, -0.1) is 0 Å². The minimum Gasteiger partial charge on any atom is -0.481 e. The van der Waals surface area contributed by atoms with Gasteiger partial charge in [-0.05, 0) is 109 Å². The Kier molecular flexibility index (Phi) is 77.2. The molecular formula is C74H142O9. The molecule has 9 heteroatoms. The number of aliphatic hydroxyl groups is 3. The van der Waals surface area contributed by atoms with Crippen molar-refractivity contribution < 1.29 is 44.3 Å². The van der Waals surface area contributed by atoms with E-state index in [0.717, 1.165) is 154 Å². The summed E-state index contributed by atoms with van der Waals surface area (Å²) in [5.41, 5.74) is 0. The molecule has 0 rings (SSSR count). The highest BCUT2D eigenvalue weighted by Crippen LogP contribution is 2.18. The summed E-state index contributed by atoms with van der Waals surface area (Å²) in [6.07, 6.45) is 74.0. The molecule has 3 unspecified atom stereocenters. The summed E-state index contributed by atoms with van der Waals surface area (Å²) in [6, 6.07) is 0. The average molecular weight is 1180 g/mol. The lowest BCUT2D eigenvalue weighted by Gasteiger charge is -2.16. The van der Waals surface area contributed by atoms with E-state index in [4.69, 9.17) is 19.7 Å². The van der Waals surface area contributed by atoms with Gasteiger partial charge in [0.2, 0.25) is 0 Å². The van der Waals surface area contributed by atoms with Gasteiger partial charge in [-0.1, -0.05) is 289 Å². The molecule has 0 amide bonds. The van der Waals surface area contributed by atoms with E-state index in [9.17, 15) is 24.6 Å². The van der Waals surface area contributed by atoms with E-state index in [-0.39, 0.29) is 30.3 Å². The van der Waals surface area contributed by atoms with Crippen LogP contribution in [-0.2, 0) is 23.9 Å². The molecule has 0 aromatic carbocycles. The van der Waals surface area contributed by atoms with E-state index in [2.05, 4.69) is 71.1 Å². The number of carboxylic acid groups (broad SMARTS) is 1. The first-order valence-electron chi connectivity index (χ1n) is 36.1. The Morgan fingerprint density at radius 1 is 0.337 bits per heavy atom. The minimum absolute atomic E-state index is 0.00237. The molecule has 492 valence electrons. The summed E-state index contributed by atoms with van der Waals surface area (Å²) >= 11 is 0. The molecule has 0 spiro atoms. The van der Waals surface area contributed by atoms with Gasteiger partial charge < -0.3 is 29.9 Å². The number of aliphatic hydroxyl groups excluding tert-OH is 3. The molecule has 0 saturated heterocycles. The summed E-state index contributed by atoms with van der Waals surface area (Å²) < 4.78 is 11.4. The van der Waals surface area contributed by atoms with Crippen LogP contribution in [0.5, 0.6) is 0 Å². The summed E-state index contributed by atoms with van der Waals surface area (Å²) in [4.78, 5) is 34.9. The SMILES string of the molecule is CCCCCCC(O)C/C=C\CCCCCCCC(=O)O.CCCCCCCCCCO.CCCCCCCCCCOC(=O)CCCCCCC/C=C\CC(CCCCCC)OC(=O)CCCCCCC/C=C\CC(O)CCCCCC. The molecule has 0 saturated carbocycles. The van der Waals surface area contributed by atoms with Crippen molar-refractivity contribution in [3.05, 3.63) is 36.5 Å². The zero-order valence-corrected chi connectivity index (χ0v) is 55.8. The highest BCUT2D eigenvalue weighted by Gasteiger charge is 2.13. The number of carbonyl (C=O) groups is 3. The van der Waals surface area contributed by atoms with Crippen LogP contribution in [0.2, 0.25) is 0 Å². The largest absolute Gasteiger partial charge is 0.481 e. The summed E-state index contributed by atoms with van der Waals surface area (Å²) in [5, 5.41) is 36.9. The van der Waals surface area contributed by atoms with Gasteiger partial charge in [0.25, 0.3) is 0 Å². The van der Waals surface area contributed by atoms with Crippen LogP contribution in [0.1, 0.15) is 388 Å². The molecule has 0 fully saturated rings. The molecule has 0 aromatic rings. The van der Waals surface area contributed by atoms with Gasteiger partial charge in [-0.3, -0.25) is 14.4 Å². The summed E-state index contributed by atoms with van der Waals surface area (Å²) in [6.45, 7) is 12.1. The van der Waals surface area contributed by atoms with Crippen molar-refractivity contribution in [2.24, 2.45) is 0 Å². The molecule has 0 radical (unpaired) electrons. The Hall–Kier alpha value is -2.49. The van der Waals surface area contributed by atoms with Crippen LogP contribution >= 0.6 is 0 Å². The van der Waals surface area contributed by atoms with Gasteiger partial charge in [0.15, 0.2) is 0 Å². The van der Waals surface area contributed by atoms with Crippen LogP contribution in [0.4, 0.5) is 0 Å². The zero-order chi connectivity index (χ0) is 61.4. The van der Waals surface area contributed by atoms with Crippen molar-refractivity contribution in [2.45, 2.75) is 406 Å². The smallest absolute Gasteiger partial charge is 0.306 e. The first kappa shape index (κ1) is 84.7. The summed E-state index contributed by atoms with van der Waals surface area (Å²) in [5.74, 6) is -0.745. The number of unbranched alkanes of at least 4 members (excludes halogenated alkanes) is 38. The number of carbonyl (C=O) groups excluding carboxylic acids is 2. The van der Waals surface area contributed by atoms with Crippen molar-refractivity contribution in [1.29, 1.82) is 0 Å². The fourth-order valence-corrected chi connectivity index (χ4v) is 10.2. The van der Waals surface area contributed by atoms with Crippen LogP contribution in [0.3, 0.4) is 0 Å². The molecule has 0 bridgehead atoms. The number of esters is 2. The molecule has 0 aliphatic carbocycles. The second-order valence-electron chi connectivity index (χ2n) is 24.3. The quantitative estimate of drug-likeness (QED) is 0.0265. The third-order valence-corrected chi connectivity index (χ3v) is 15.7. The predicted octanol–water partition coefficient (Wildman–Crippen LogP) is 22.4. The number of allylic oxidation sites excluding steroid dienone is 3. The Labute approximate surface area is 515 Å². The second-order valence-corrected chi connectivity index (χ2v) is 24.3. The van der Waals surface area contributed by atoms with Crippen molar-refractivity contribution in [3.8, 4) is 0 Å². The Morgan fingerprint density at radius 3 is 1.05 bits per heavy atom. The fourth-order valence-electron chi connectivity index (χ4n) is 10.2. The standard InChI is InChI=1S/C46H86O5.C18H34O3.C10H22O/c1-4-7-10-13-14-23-28-35-42-50-45(48)40-33-26-21-18-16-20-25-32-39-44(38-31-12-9-6-3)51-46(49)41-34-27-22-17-15-19-24-30-37-43(47)36-29-11-8-5-2;1-2-3-4-11-14-17(19)15-12-9-7-5-6-8-10-13-16-18(20)21;1-2-3-4-5-6-7-8-9-10-11/h24-25,30,32,43-44,47H,4-23,26-29,31,33-42H2,1-3H3;9,12,17,19H,2-8,10-11,13-16H2,1H3,(H,20,21);11H,2-10H2,1H3/b30-24-,32-25-;12-9-;. The number of rotatable bonds is 63. The van der Waals surface area contributed by atoms with Crippen LogP contribution in [0.25, 0.3) is 0 Å². The third kappa shape index (κ3) is 79.5. The number of ether oxygens (including phenoxy) is 2. The topological polar surface area (TPSA) is 151 Å². The molecule has 0 aliphatic heterocycles. The van der Waals surface area contributed by atoms with E-state index in [1.54, 1.807) is 0 Å². The Bertz CT molecular complexity index is 1350. The zero-order valence-electron chi connectivity index (χ0n) is 55.8. The van der Waals surface area contributed by atoms with Crippen LogP contribution < -0.4 is 0 Å². The predicted molar refractivity (Wildman–Crippen MR) is 357 cm³/mol. The van der Waals surface area contributed by atoms with Gasteiger partial charge in [-0.2, -0.15) is 0 Å². The van der Waals surface area contributed by atoms with Crippen LogP contribution in [0, 0.1) is 0 Å². The van der Waals surface area contributed by atoms with E-state index < -0.39 is 5.97 Å². The second kappa shape index (κ2) is 75.6. The molecule has 0 aliphatic rings. The first-order valence-corrected chi connectivity index (χ1v) is 36.1. The Morgan fingerprint density at radius 2 is 0.651 bits per heavy atom. The molecule has 83 heavy (non-hydrogen) atoms. The highest BCUT2D eigenvalue weighted by atomic mass is 16.5. The number of aliphatic carboxylic acids is 1. The van der Waals surface area contributed by atoms with E-state index in [1.807, 2.05) is 0 Å². The molecule has 0 heterocycles. The van der Waals surface area contributed by atoms with Crippen LogP contribution in [-0.4, -0.2) is 69.9 Å². The van der Waals surface area contributed by atoms with E-state index in [1.165, 1.54) is 180 Å². The normalized spacial score (nSPS) is 12.6. The molecule has 0 aromatic heterocycles. The number of hydrogen-bond acceptors (Lipinski definition) is 8. The number of hydrogen-bond donors (Lipinski definition) is 4. The number of carboxylic acids is 1. The van der Waals surface area contributed by atoms with Gasteiger partial charge >= 0.3 is 17.9 Å². The van der Waals surface area contributed by atoms with Crippen molar-refractivity contribution in [1.82, 2.24) is 0 Å². The molecule has 4 N–H and O–H groups in total. The summed E-state index contributed by atoms with van der Waals surface area (Å²) in [7, 11) is 0. The van der Waals surface area contributed by atoms with Crippen molar-refractivity contribution in [2.75, 3.05) is 13.2 Å². The Balaban J connectivity index is -0.00000162. The molecular weight excluding hydrogens is 1030 g/mol.